The average molecular weight is 499 g/mol. The van der Waals surface area contributed by atoms with Crippen LogP contribution in [0.2, 0.25) is 0 Å². The Kier molecular flexibility index (Phi) is 6.86. The molecule has 5 rings (SSSR count). The van der Waals surface area contributed by atoms with E-state index in [4.69, 9.17) is 9.84 Å². The van der Waals surface area contributed by atoms with Gasteiger partial charge in [0.05, 0.1) is 18.9 Å². The Morgan fingerprint density at radius 2 is 1.86 bits per heavy atom. The van der Waals surface area contributed by atoms with Crippen molar-refractivity contribution in [3.8, 4) is 5.75 Å². The van der Waals surface area contributed by atoms with Crippen LogP contribution in [0.5, 0.6) is 5.75 Å². The van der Waals surface area contributed by atoms with E-state index in [-0.39, 0.29) is 24.3 Å². The Morgan fingerprint density at radius 1 is 1.08 bits per heavy atom. The van der Waals surface area contributed by atoms with Crippen molar-refractivity contribution in [3.63, 3.8) is 0 Å². The highest BCUT2D eigenvalue weighted by molar-refractivity contribution is 8.15. The van der Waals surface area contributed by atoms with Gasteiger partial charge in [-0.25, -0.2) is 5.01 Å². The van der Waals surface area contributed by atoms with Crippen molar-refractivity contribution in [2.45, 2.75) is 31.1 Å². The molecule has 2 aliphatic heterocycles. The van der Waals surface area contributed by atoms with Gasteiger partial charge in [-0.1, -0.05) is 54.2 Å². The zero-order valence-corrected chi connectivity index (χ0v) is 20.9. The minimum Gasteiger partial charge on any atom is -0.497 e. The summed E-state index contributed by atoms with van der Waals surface area (Å²) in [6, 6.07) is 25.3. The van der Waals surface area contributed by atoms with E-state index >= 15 is 0 Å². The summed E-state index contributed by atoms with van der Waals surface area (Å²) < 4.78 is 5.28. The van der Waals surface area contributed by atoms with Crippen molar-refractivity contribution >= 4 is 40.1 Å². The van der Waals surface area contributed by atoms with Gasteiger partial charge in [-0.2, -0.15) is 10.1 Å². The second-order valence-corrected chi connectivity index (χ2v) is 9.88. The van der Waals surface area contributed by atoms with E-state index in [0.29, 0.717) is 17.3 Å². The van der Waals surface area contributed by atoms with Crippen molar-refractivity contribution in [3.05, 3.63) is 95.6 Å². The summed E-state index contributed by atoms with van der Waals surface area (Å²) >= 11 is 1.30. The molecule has 0 saturated carbocycles. The molecule has 2 heterocycles. The number of hydrazone groups is 1. The standard InChI is InChI=1S/C28H26N4O3S/c1-18-7-6-10-21(15-18)29-26(33)17-25-27(34)30-28(36-25)32-24(20-8-4-3-5-9-20)16-23(31-32)19-11-13-22(35-2)14-12-19/h3-15,24-25H,16-17H2,1-2H3,(H,29,33)/t24-,25+/m1/s1. The number of amidine groups is 1. The number of benzene rings is 3. The number of nitrogens with one attached hydrogen (secondary N) is 1. The number of carbonyl (C=O) groups excluding carboxylic acids is 2. The van der Waals surface area contributed by atoms with Crippen LogP contribution in [0.3, 0.4) is 0 Å². The third kappa shape index (κ3) is 5.18. The maximum atomic E-state index is 12.8. The molecule has 7 nitrogen and oxygen atoms in total. The summed E-state index contributed by atoms with van der Waals surface area (Å²) in [7, 11) is 1.64. The third-order valence-corrected chi connectivity index (χ3v) is 7.26. The molecule has 36 heavy (non-hydrogen) atoms. The number of hydrogen-bond acceptors (Lipinski definition) is 6. The maximum Gasteiger partial charge on any atom is 0.262 e. The quantitative estimate of drug-likeness (QED) is 0.506. The van der Waals surface area contributed by atoms with Gasteiger partial charge in [0.25, 0.3) is 5.91 Å². The molecule has 2 amide bonds. The molecule has 0 aliphatic carbocycles. The molecule has 8 heteroatoms. The molecular formula is C28H26N4O3S. The third-order valence-electron chi connectivity index (χ3n) is 6.12. The molecule has 0 radical (unpaired) electrons. The highest BCUT2D eigenvalue weighted by Crippen LogP contribution is 2.38. The van der Waals surface area contributed by atoms with Crippen LogP contribution in [0.4, 0.5) is 5.69 Å². The Bertz CT molecular complexity index is 1340. The van der Waals surface area contributed by atoms with Crippen LogP contribution in [0.15, 0.2) is 89.0 Å². The van der Waals surface area contributed by atoms with Crippen LogP contribution in [0.25, 0.3) is 0 Å². The van der Waals surface area contributed by atoms with Crippen LogP contribution >= 0.6 is 11.8 Å². The summed E-state index contributed by atoms with van der Waals surface area (Å²) in [5, 5.41) is 9.53. The molecule has 0 aromatic heterocycles. The van der Waals surface area contributed by atoms with Crippen LogP contribution in [0, 0.1) is 6.92 Å². The largest absolute Gasteiger partial charge is 0.497 e. The number of amides is 2. The van der Waals surface area contributed by atoms with E-state index in [1.54, 1.807) is 7.11 Å². The van der Waals surface area contributed by atoms with Gasteiger partial charge in [-0.3, -0.25) is 9.59 Å². The molecular weight excluding hydrogens is 472 g/mol. The minimum absolute atomic E-state index is 0.0450. The Morgan fingerprint density at radius 3 is 2.58 bits per heavy atom. The number of hydrogen-bond donors (Lipinski definition) is 1. The van der Waals surface area contributed by atoms with Gasteiger partial charge in [-0.15, -0.1) is 0 Å². The molecule has 2 atom stereocenters. The molecule has 1 N–H and O–H groups in total. The lowest BCUT2D eigenvalue weighted by atomic mass is 9.98. The van der Waals surface area contributed by atoms with E-state index in [2.05, 4.69) is 22.4 Å². The zero-order valence-electron chi connectivity index (χ0n) is 20.0. The van der Waals surface area contributed by atoms with Crippen molar-refractivity contribution in [2.75, 3.05) is 12.4 Å². The number of carbonyl (C=O) groups is 2. The summed E-state index contributed by atoms with van der Waals surface area (Å²) in [6.45, 7) is 1.96. The van der Waals surface area contributed by atoms with E-state index in [1.807, 2.05) is 78.7 Å². The fourth-order valence-corrected chi connectivity index (χ4v) is 5.35. The van der Waals surface area contributed by atoms with Gasteiger partial charge in [0.1, 0.15) is 11.0 Å². The first kappa shape index (κ1) is 23.8. The van der Waals surface area contributed by atoms with Gasteiger partial charge in [0, 0.05) is 18.5 Å². The molecule has 0 saturated heterocycles. The van der Waals surface area contributed by atoms with Crippen molar-refractivity contribution in [1.82, 2.24) is 5.01 Å². The predicted molar refractivity (Wildman–Crippen MR) is 143 cm³/mol. The smallest absolute Gasteiger partial charge is 0.262 e. The fraction of sp³-hybridized carbons (Fsp3) is 0.214. The first-order chi connectivity index (χ1) is 17.5. The van der Waals surface area contributed by atoms with E-state index in [9.17, 15) is 9.59 Å². The van der Waals surface area contributed by atoms with Crippen LogP contribution < -0.4 is 10.1 Å². The molecule has 0 spiro atoms. The van der Waals surface area contributed by atoms with Crippen molar-refractivity contribution in [1.29, 1.82) is 0 Å². The minimum atomic E-state index is -0.582. The normalized spacial score (nSPS) is 19.2. The first-order valence-corrected chi connectivity index (χ1v) is 12.6. The van der Waals surface area contributed by atoms with Gasteiger partial charge in [0.15, 0.2) is 5.17 Å². The molecule has 182 valence electrons. The van der Waals surface area contributed by atoms with Crippen LogP contribution in [0.1, 0.15) is 35.6 Å². The van der Waals surface area contributed by atoms with E-state index in [1.165, 1.54) is 11.8 Å². The highest BCUT2D eigenvalue weighted by atomic mass is 32.2. The lowest BCUT2D eigenvalue weighted by Gasteiger charge is -2.23. The lowest BCUT2D eigenvalue weighted by molar-refractivity contribution is -0.121. The zero-order chi connectivity index (χ0) is 25.1. The number of thioether (sulfide) groups is 1. The molecule has 0 bridgehead atoms. The number of anilines is 1. The van der Waals surface area contributed by atoms with Gasteiger partial charge in [-0.05, 0) is 60.0 Å². The summed E-state index contributed by atoms with van der Waals surface area (Å²) in [5.74, 6) is 0.252. The van der Waals surface area contributed by atoms with Gasteiger partial charge >= 0.3 is 0 Å². The topological polar surface area (TPSA) is 83.4 Å². The first-order valence-electron chi connectivity index (χ1n) is 11.7. The number of aliphatic imine (C=N–C) groups is 1. The number of aryl methyl sites for hydroxylation is 1. The number of methoxy groups -OCH3 is 1. The number of nitrogens with zero attached hydrogens (tertiary/aromatic N) is 3. The summed E-state index contributed by atoms with van der Waals surface area (Å²) in [5.41, 5.74) is 4.75. The predicted octanol–water partition coefficient (Wildman–Crippen LogP) is 5.18. The Balaban J connectivity index is 1.34. The monoisotopic (exact) mass is 498 g/mol. The molecule has 0 unspecified atom stereocenters. The van der Waals surface area contributed by atoms with Crippen molar-refractivity contribution in [2.24, 2.45) is 10.1 Å². The molecule has 3 aromatic rings. The second kappa shape index (κ2) is 10.4. The molecule has 3 aromatic carbocycles. The second-order valence-electron chi connectivity index (χ2n) is 8.71. The van der Waals surface area contributed by atoms with Crippen molar-refractivity contribution < 1.29 is 14.3 Å². The van der Waals surface area contributed by atoms with E-state index < -0.39 is 5.25 Å². The Labute approximate surface area is 214 Å². The summed E-state index contributed by atoms with van der Waals surface area (Å²) in [4.78, 5) is 29.7. The highest BCUT2D eigenvalue weighted by Gasteiger charge is 2.39. The molecule has 2 aliphatic rings. The fourth-order valence-electron chi connectivity index (χ4n) is 4.29. The van der Waals surface area contributed by atoms with Gasteiger partial charge < -0.3 is 10.1 Å². The summed E-state index contributed by atoms with van der Waals surface area (Å²) in [6.07, 6.45) is 0.714. The number of rotatable bonds is 6. The van der Waals surface area contributed by atoms with E-state index in [0.717, 1.165) is 28.2 Å². The lowest BCUT2D eigenvalue weighted by Crippen LogP contribution is -2.25. The SMILES string of the molecule is COc1ccc(C2=NN(C3=NC(=O)[C@H](CC(=O)Nc4cccc(C)c4)S3)[C@@H](c3ccccc3)C2)cc1. The molecule has 0 fully saturated rings. The van der Waals surface area contributed by atoms with Crippen LogP contribution in [-0.2, 0) is 9.59 Å². The van der Waals surface area contributed by atoms with Crippen LogP contribution in [-0.4, -0.2) is 40.1 Å². The maximum absolute atomic E-state index is 12.8. The Hall–Kier alpha value is -3.91. The van der Waals surface area contributed by atoms with Gasteiger partial charge in [0.2, 0.25) is 5.91 Å². The number of ether oxygens (including phenoxy) is 1. The average Bonchev–Trinajstić information content (AvgIpc) is 3.48.